The fourth-order valence-corrected chi connectivity index (χ4v) is 2.71. The molecule has 1 unspecified atom stereocenters. The van der Waals surface area contributed by atoms with E-state index in [0.717, 1.165) is 24.2 Å². The van der Waals surface area contributed by atoms with Crippen molar-refractivity contribution in [1.29, 1.82) is 0 Å². The van der Waals surface area contributed by atoms with E-state index in [1.165, 1.54) is 0 Å². The molecule has 0 bridgehead atoms. The number of Topliss-reactive ketones (excluding diaryl/α,β-unsaturated/α-hetero) is 1. The third-order valence-corrected chi connectivity index (χ3v) is 3.80. The van der Waals surface area contributed by atoms with Crippen molar-refractivity contribution < 1.29 is 14.3 Å². The maximum Gasteiger partial charge on any atom is 0.196 e. The van der Waals surface area contributed by atoms with Gasteiger partial charge in [-0.05, 0) is 37.6 Å². The van der Waals surface area contributed by atoms with Gasteiger partial charge in [0.2, 0.25) is 0 Å². The third-order valence-electron chi connectivity index (χ3n) is 3.80. The molecule has 20 heavy (non-hydrogen) atoms. The first-order chi connectivity index (χ1) is 9.56. The highest BCUT2D eigenvalue weighted by Crippen LogP contribution is 2.27. The standard InChI is InChI=1S/C16H23NO3/c1-5-17-6-7-20-14(10-17)16(18)15-12(3)8-11(2)9-13(15)19-4/h8-9,14H,5-7,10H2,1-4H3. The number of morpholine rings is 1. The van der Waals surface area contributed by atoms with Crippen molar-refractivity contribution in [1.82, 2.24) is 4.90 Å². The van der Waals surface area contributed by atoms with Crippen molar-refractivity contribution in [2.75, 3.05) is 33.4 Å². The summed E-state index contributed by atoms with van der Waals surface area (Å²) in [6, 6.07) is 3.91. The largest absolute Gasteiger partial charge is 0.496 e. The van der Waals surface area contributed by atoms with Crippen LogP contribution in [0, 0.1) is 13.8 Å². The summed E-state index contributed by atoms with van der Waals surface area (Å²) in [7, 11) is 1.60. The number of likely N-dealkylation sites (N-methyl/N-ethyl adjacent to an activating group) is 1. The van der Waals surface area contributed by atoms with E-state index in [9.17, 15) is 4.79 Å². The highest BCUT2D eigenvalue weighted by atomic mass is 16.5. The summed E-state index contributed by atoms with van der Waals surface area (Å²) in [6.07, 6.45) is -0.390. The zero-order chi connectivity index (χ0) is 14.7. The third kappa shape index (κ3) is 3.02. The number of aryl methyl sites for hydroxylation is 2. The van der Waals surface area contributed by atoms with Gasteiger partial charge < -0.3 is 9.47 Å². The molecule has 4 nitrogen and oxygen atoms in total. The van der Waals surface area contributed by atoms with Gasteiger partial charge in [0.15, 0.2) is 5.78 Å². The van der Waals surface area contributed by atoms with Gasteiger partial charge in [0.05, 0.1) is 19.3 Å². The maximum atomic E-state index is 12.7. The Balaban J connectivity index is 2.29. The number of ether oxygens (including phenoxy) is 2. The molecule has 4 heteroatoms. The first-order valence-electron chi connectivity index (χ1n) is 7.10. The lowest BCUT2D eigenvalue weighted by atomic mass is 9.97. The number of ketones is 1. The second-order valence-electron chi connectivity index (χ2n) is 5.28. The molecule has 0 radical (unpaired) electrons. The molecular formula is C16H23NO3. The molecule has 1 saturated heterocycles. The lowest BCUT2D eigenvalue weighted by molar-refractivity contribution is -0.0150. The van der Waals surface area contributed by atoms with Gasteiger partial charge in [0, 0.05) is 13.1 Å². The van der Waals surface area contributed by atoms with Crippen LogP contribution in [-0.2, 0) is 4.74 Å². The Hall–Kier alpha value is -1.39. The lowest BCUT2D eigenvalue weighted by Crippen LogP contribution is -2.46. The Labute approximate surface area is 120 Å². The van der Waals surface area contributed by atoms with Gasteiger partial charge in [-0.2, -0.15) is 0 Å². The predicted molar refractivity (Wildman–Crippen MR) is 78.7 cm³/mol. The highest BCUT2D eigenvalue weighted by molar-refractivity contribution is 6.03. The summed E-state index contributed by atoms with van der Waals surface area (Å²) < 4.78 is 11.0. The van der Waals surface area contributed by atoms with E-state index < -0.39 is 0 Å². The van der Waals surface area contributed by atoms with E-state index in [0.29, 0.717) is 24.5 Å². The molecule has 110 valence electrons. The molecule has 0 N–H and O–H groups in total. The van der Waals surface area contributed by atoms with Crippen molar-refractivity contribution in [2.24, 2.45) is 0 Å². The number of carbonyl (C=O) groups is 1. The summed E-state index contributed by atoms with van der Waals surface area (Å²) in [4.78, 5) is 15.0. The van der Waals surface area contributed by atoms with Gasteiger partial charge in [-0.25, -0.2) is 0 Å². The molecule has 1 aromatic carbocycles. The number of hydrogen-bond donors (Lipinski definition) is 0. The molecule has 1 atom stereocenters. The molecule has 0 aromatic heterocycles. The zero-order valence-corrected chi connectivity index (χ0v) is 12.7. The summed E-state index contributed by atoms with van der Waals surface area (Å²) >= 11 is 0. The Kier molecular flexibility index (Phi) is 4.78. The van der Waals surface area contributed by atoms with Crippen molar-refractivity contribution in [2.45, 2.75) is 26.9 Å². The Bertz CT molecular complexity index is 499. The SMILES string of the molecule is CCN1CCOC(C(=O)c2c(C)cc(C)cc2OC)C1. The number of benzene rings is 1. The van der Waals surface area contributed by atoms with Gasteiger partial charge in [-0.3, -0.25) is 9.69 Å². The minimum atomic E-state index is -0.390. The smallest absolute Gasteiger partial charge is 0.196 e. The Morgan fingerprint density at radius 2 is 2.20 bits per heavy atom. The van der Waals surface area contributed by atoms with Crippen molar-refractivity contribution in [3.8, 4) is 5.75 Å². The average Bonchev–Trinajstić information content (AvgIpc) is 2.45. The Morgan fingerprint density at radius 1 is 1.45 bits per heavy atom. The Morgan fingerprint density at radius 3 is 2.85 bits per heavy atom. The number of hydrogen-bond acceptors (Lipinski definition) is 4. The van der Waals surface area contributed by atoms with Crippen LogP contribution in [0.25, 0.3) is 0 Å². The van der Waals surface area contributed by atoms with Crippen molar-refractivity contribution in [3.63, 3.8) is 0 Å². The highest BCUT2D eigenvalue weighted by Gasteiger charge is 2.29. The first kappa shape index (κ1) is 15.0. The summed E-state index contributed by atoms with van der Waals surface area (Å²) in [5, 5.41) is 0. The normalized spacial score (nSPS) is 19.9. The molecule has 0 saturated carbocycles. The van der Waals surface area contributed by atoms with E-state index in [2.05, 4.69) is 11.8 Å². The monoisotopic (exact) mass is 277 g/mol. The first-order valence-corrected chi connectivity index (χ1v) is 7.10. The molecule has 1 heterocycles. The number of rotatable bonds is 4. The van der Waals surface area contributed by atoms with Crippen LogP contribution in [0.4, 0.5) is 0 Å². The van der Waals surface area contributed by atoms with Gasteiger partial charge in [-0.15, -0.1) is 0 Å². The maximum absolute atomic E-state index is 12.7. The lowest BCUT2D eigenvalue weighted by Gasteiger charge is -2.31. The topological polar surface area (TPSA) is 38.8 Å². The van der Waals surface area contributed by atoms with Crippen LogP contribution in [0.5, 0.6) is 5.75 Å². The van der Waals surface area contributed by atoms with E-state index in [-0.39, 0.29) is 11.9 Å². The van der Waals surface area contributed by atoms with Gasteiger partial charge in [0.1, 0.15) is 11.9 Å². The molecule has 1 aliphatic heterocycles. The van der Waals surface area contributed by atoms with Crippen LogP contribution in [0.2, 0.25) is 0 Å². The van der Waals surface area contributed by atoms with E-state index in [1.807, 2.05) is 26.0 Å². The van der Waals surface area contributed by atoms with E-state index in [4.69, 9.17) is 9.47 Å². The van der Waals surface area contributed by atoms with Crippen molar-refractivity contribution >= 4 is 5.78 Å². The summed E-state index contributed by atoms with van der Waals surface area (Å²) in [5.74, 6) is 0.669. The molecule has 0 spiro atoms. The molecule has 2 rings (SSSR count). The molecule has 0 aliphatic carbocycles. The predicted octanol–water partition coefficient (Wildman–Crippen LogP) is 2.22. The van der Waals surface area contributed by atoms with E-state index in [1.54, 1.807) is 7.11 Å². The molecule has 1 aromatic rings. The number of methoxy groups -OCH3 is 1. The van der Waals surface area contributed by atoms with Gasteiger partial charge in [0.25, 0.3) is 0 Å². The van der Waals surface area contributed by atoms with Crippen LogP contribution < -0.4 is 4.74 Å². The van der Waals surface area contributed by atoms with Crippen molar-refractivity contribution in [3.05, 3.63) is 28.8 Å². The second kappa shape index (κ2) is 6.37. The molecule has 1 fully saturated rings. The zero-order valence-electron chi connectivity index (χ0n) is 12.7. The molecular weight excluding hydrogens is 254 g/mol. The average molecular weight is 277 g/mol. The van der Waals surface area contributed by atoms with Crippen LogP contribution in [0.1, 0.15) is 28.4 Å². The van der Waals surface area contributed by atoms with Crippen LogP contribution in [-0.4, -0.2) is 50.1 Å². The molecule has 1 aliphatic rings. The quantitative estimate of drug-likeness (QED) is 0.791. The van der Waals surface area contributed by atoms with Crippen LogP contribution in [0.3, 0.4) is 0 Å². The summed E-state index contributed by atoms with van der Waals surface area (Å²) in [6.45, 7) is 9.15. The summed E-state index contributed by atoms with van der Waals surface area (Å²) in [5.41, 5.74) is 2.70. The molecule has 0 amide bonds. The number of carbonyl (C=O) groups excluding carboxylic acids is 1. The fourth-order valence-electron chi connectivity index (χ4n) is 2.71. The van der Waals surface area contributed by atoms with E-state index >= 15 is 0 Å². The van der Waals surface area contributed by atoms with Crippen LogP contribution in [0.15, 0.2) is 12.1 Å². The minimum Gasteiger partial charge on any atom is -0.496 e. The number of nitrogens with zero attached hydrogens (tertiary/aromatic N) is 1. The fraction of sp³-hybridized carbons (Fsp3) is 0.562. The second-order valence-corrected chi connectivity index (χ2v) is 5.28. The van der Waals surface area contributed by atoms with Gasteiger partial charge >= 0.3 is 0 Å². The minimum absolute atomic E-state index is 0.0255. The van der Waals surface area contributed by atoms with Crippen LogP contribution >= 0.6 is 0 Å². The van der Waals surface area contributed by atoms with Gasteiger partial charge in [-0.1, -0.05) is 13.0 Å².